The smallest absolute Gasteiger partial charge is 0.301 e. The average molecular weight is 238 g/mol. The van der Waals surface area contributed by atoms with Crippen molar-refractivity contribution in [3.8, 4) is 5.75 Å². The number of hydrogen-bond donors (Lipinski definition) is 1. The van der Waals surface area contributed by atoms with Crippen molar-refractivity contribution >= 4 is 11.6 Å². The van der Waals surface area contributed by atoms with Crippen molar-refractivity contribution in [3.63, 3.8) is 0 Å². The summed E-state index contributed by atoms with van der Waals surface area (Å²) in [6.45, 7) is 2.51. The highest BCUT2D eigenvalue weighted by Crippen LogP contribution is 2.17. The van der Waals surface area contributed by atoms with Crippen LogP contribution in [0.3, 0.4) is 0 Å². The van der Waals surface area contributed by atoms with E-state index in [-0.39, 0.29) is 0 Å². The number of anilines is 1. The molecule has 1 N–H and O–H groups in total. The molecule has 0 aromatic heterocycles. The Bertz CT molecular complexity index is 426. The van der Waals surface area contributed by atoms with Gasteiger partial charge in [-0.1, -0.05) is 0 Å². The topological polar surface area (TPSA) is 81.5 Å². The summed E-state index contributed by atoms with van der Waals surface area (Å²) < 4.78 is 4.96. The molecule has 1 aromatic rings. The van der Waals surface area contributed by atoms with Gasteiger partial charge in [-0.3, -0.25) is 14.9 Å². The minimum atomic E-state index is -1.65. The summed E-state index contributed by atoms with van der Waals surface area (Å²) in [6, 6.07) is 6.56. The van der Waals surface area contributed by atoms with E-state index in [4.69, 9.17) is 4.74 Å². The third-order valence-corrected chi connectivity index (χ3v) is 2.36. The molecule has 0 saturated heterocycles. The van der Waals surface area contributed by atoms with Gasteiger partial charge in [-0.25, -0.2) is 0 Å². The first-order valence-corrected chi connectivity index (χ1v) is 4.98. The fourth-order valence-electron chi connectivity index (χ4n) is 1.04. The van der Waals surface area contributed by atoms with Crippen LogP contribution in [0.4, 0.5) is 5.69 Å². The Morgan fingerprint density at radius 1 is 1.35 bits per heavy atom. The summed E-state index contributed by atoms with van der Waals surface area (Å²) in [5.41, 5.74) is -1.16. The Morgan fingerprint density at radius 3 is 2.29 bits per heavy atom. The van der Waals surface area contributed by atoms with Crippen molar-refractivity contribution in [3.05, 3.63) is 34.4 Å². The highest BCUT2D eigenvalue weighted by atomic mass is 16.6. The molecule has 0 atom stereocenters. The fraction of sp³-hybridized carbons (Fsp3) is 0.364. The van der Waals surface area contributed by atoms with E-state index in [9.17, 15) is 14.9 Å². The largest absolute Gasteiger partial charge is 0.497 e. The monoisotopic (exact) mass is 238 g/mol. The van der Waals surface area contributed by atoms with Crippen molar-refractivity contribution < 1.29 is 14.5 Å². The first kappa shape index (κ1) is 13.0. The molecule has 0 bridgehead atoms. The Balaban J connectivity index is 2.77. The summed E-state index contributed by atoms with van der Waals surface area (Å²) >= 11 is 0. The molecular weight excluding hydrogens is 224 g/mol. The molecule has 0 aliphatic heterocycles. The van der Waals surface area contributed by atoms with Gasteiger partial charge in [0.2, 0.25) is 0 Å². The molecule has 1 rings (SSSR count). The second-order valence-electron chi connectivity index (χ2n) is 4.00. The molecule has 0 unspecified atom stereocenters. The number of ether oxygens (including phenoxy) is 1. The first-order valence-electron chi connectivity index (χ1n) is 4.98. The van der Waals surface area contributed by atoms with Crippen LogP contribution in [0, 0.1) is 10.1 Å². The lowest BCUT2D eigenvalue weighted by Gasteiger charge is -2.15. The van der Waals surface area contributed by atoms with Gasteiger partial charge in [0.15, 0.2) is 0 Å². The van der Waals surface area contributed by atoms with Gasteiger partial charge in [-0.15, -0.1) is 0 Å². The van der Waals surface area contributed by atoms with Crippen molar-refractivity contribution in [1.29, 1.82) is 0 Å². The Morgan fingerprint density at radius 2 is 1.88 bits per heavy atom. The van der Waals surface area contributed by atoms with E-state index in [1.54, 1.807) is 24.3 Å². The van der Waals surface area contributed by atoms with Gasteiger partial charge in [-0.2, -0.15) is 0 Å². The van der Waals surface area contributed by atoms with Crippen molar-refractivity contribution in [2.75, 3.05) is 12.4 Å². The number of rotatable bonds is 4. The van der Waals surface area contributed by atoms with Crippen LogP contribution in [0.1, 0.15) is 13.8 Å². The van der Waals surface area contributed by atoms with Crippen LogP contribution in [0.2, 0.25) is 0 Å². The molecule has 92 valence electrons. The van der Waals surface area contributed by atoms with Crippen molar-refractivity contribution in [2.45, 2.75) is 19.4 Å². The zero-order valence-electron chi connectivity index (χ0n) is 9.89. The molecule has 6 nitrogen and oxygen atoms in total. The lowest BCUT2D eigenvalue weighted by molar-refractivity contribution is -0.542. The van der Waals surface area contributed by atoms with E-state index in [2.05, 4.69) is 5.32 Å². The molecule has 0 heterocycles. The maximum Gasteiger partial charge on any atom is 0.301 e. The predicted octanol–water partition coefficient (Wildman–Crippen LogP) is 1.69. The lowest BCUT2D eigenvalue weighted by Crippen LogP contribution is -2.44. The second kappa shape index (κ2) is 4.82. The van der Waals surface area contributed by atoms with E-state index in [0.29, 0.717) is 11.4 Å². The van der Waals surface area contributed by atoms with Crippen LogP contribution < -0.4 is 10.1 Å². The summed E-state index contributed by atoms with van der Waals surface area (Å²) in [6.07, 6.45) is 0. The number of nitrogens with one attached hydrogen (secondary N) is 1. The van der Waals surface area contributed by atoms with Crippen LogP contribution in [-0.2, 0) is 4.79 Å². The van der Waals surface area contributed by atoms with Crippen LogP contribution >= 0.6 is 0 Å². The molecule has 1 aromatic carbocycles. The van der Waals surface area contributed by atoms with Crippen LogP contribution in [0.25, 0.3) is 0 Å². The highest BCUT2D eigenvalue weighted by Gasteiger charge is 2.40. The lowest BCUT2D eigenvalue weighted by atomic mass is 10.1. The molecule has 0 fully saturated rings. The number of carbonyl (C=O) groups is 1. The van der Waals surface area contributed by atoms with E-state index in [1.165, 1.54) is 21.0 Å². The third-order valence-electron chi connectivity index (χ3n) is 2.36. The van der Waals surface area contributed by atoms with E-state index < -0.39 is 16.4 Å². The number of carbonyl (C=O) groups excluding carboxylic acids is 1. The summed E-state index contributed by atoms with van der Waals surface area (Å²) in [4.78, 5) is 21.7. The molecule has 17 heavy (non-hydrogen) atoms. The normalized spacial score (nSPS) is 10.8. The zero-order valence-corrected chi connectivity index (χ0v) is 9.89. The van der Waals surface area contributed by atoms with E-state index in [1.807, 2.05) is 0 Å². The molecule has 0 aliphatic rings. The van der Waals surface area contributed by atoms with Gasteiger partial charge in [0.1, 0.15) is 5.75 Å². The summed E-state index contributed by atoms with van der Waals surface area (Å²) in [5, 5.41) is 13.2. The highest BCUT2D eigenvalue weighted by molar-refractivity contribution is 5.96. The Kier molecular flexibility index (Phi) is 3.67. The van der Waals surface area contributed by atoms with Crippen molar-refractivity contribution in [1.82, 2.24) is 0 Å². The van der Waals surface area contributed by atoms with Gasteiger partial charge in [0, 0.05) is 24.5 Å². The summed E-state index contributed by atoms with van der Waals surface area (Å²) in [5.74, 6) is -0.01000. The quantitative estimate of drug-likeness (QED) is 0.639. The average Bonchev–Trinajstić information content (AvgIpc) is 2.29. The van der Waals surface area contributed by atoms with Gasteiger partial charge in [0.25, 0.3) is 5.54 Å². The maximum absolute atomic E-state index is 11.6. The summed E-state index contributed by atoms with van der Waals surface area (Å²) in [7, 11) is 1.53. The van der Waals surface area contributed by atoms with Crippen LogP contribution in [0.15, 0.2) is 24.3 Å². The van der Waals surface area contributed by atoms with Gasteiger partial charge >= 0.3 is 5.91 Å². The molecule has 6 heteroatoms. The number of hydrogen-bond acceptors (Lipinski definition) is 4. The minimum Gasteiger partial charge on any atom is -0.497 e. The molecule has 1 amide bonds. The van der Waals surface area contributed by atoms with E-state index in [0.717, 1.165) is 0 Å². The van der Waals surface area contributed by atoms with E-state index >= 15 is 0 Å². The Labute approximate surface area is 98.7 Å². The predicted molar refractivity (Wildman–Crippen MR) is 62.7 cm³/mol. The number of nitrogens with zero attached hydrogens (tertiary/aromatic N) is 1. The Hall–Kier alpha value is -2.11. The SMILES string of the molecule is COc1ccc(NC(=O)C(C)(C)[N+](=O)[O-])cc1. The van der Waals surface area contributed by atoms with Crippen molar-refractivity contribution in [2.24, 2.45) is 0 Å². The zero-order chi connectivity index (χ0) is 13.1. The van der Waals surface area contributed by atoms with Crippen LogP contribution in [-0.4, -0.2) is 23.5 Å². The van der Waals surface area contributed by atoms with Gasteiger partial charge in [-0.05, 0) is 24.3 Å². The third kappa shape index (κ3) is 2.93. The number of amides is 1. The standard InChI is InChI=1S/C11H14N2O4/c1-11(2,13(15)16)10(14)12-8-4-6-9(17-3)7-5-8/h4-7H,1-3H3,(H,12,14). The number of nitro groups is 1. The number of benzene rings is 1. The van der Waals surface area contributed by atoms with Gasteiger partial charge in [0.05, 0.1) is 7.11 Å². The minimum absolute atomic E-state index is 0.491. The molecule has 0 radical (unpaired) electrons. The van der Waals surface area contributed by atoms with Crippen LogP contribution in [0.5, 0.6) is 5.75 Å². The molecule has 0 saturated carbocycles. The molecule has 0 spiro atoms. The fourth-order valence-corrected chi connectivity index (χ4v) is 1.04. The molecule has 0 aliphatic carbocycles. The second-order valence-corrected chi connectivity index (χ2v) is 4.00. The number of methoxy groups -OCH3 is 1. The van der Waals surface area contributed by atoms with Gasteiger partial charge < -0.3 is 10.1 Å². The molecular formula is C11H14N2O4. The maximum atomic E-state index is 11.6. The first-order chi connectivity index (χ1) is 7.87.